The van der Waals surface area contributed by atoms with Crippen molar-refractivity contribution in [3.05, 3.63) is 47.5 Å². The number of carboxylic acid groups (broad SMARTS) is 2. The molecule has 66 heavy (non-hydrogen) atoms. The maximum absolute atomic E-state index is 12.4. The second-order valence-corrected chi connectivity index (χ2v) is 14.4. The van der Waals surface area contributed by atoms with Crippen molar-refractivity contribution in [3.8, 4) is 17.0 Å². The van der Waals surface area contributed by atoms with E-state index in [0.29, 0.717) is 74.8 Å². The smallest absolute Gasteiger partial charge is 0.317 e. The number of urea groups is 1. The predicted octanol–water partition coefficient (Wildman–Crippen LogP) is -0.348. The number of likely N-dealkylation sites (N-methyl/N-ethyl adjacent to an activating group) is 1. The Morgan fingerprint density at radius 3 is 1.76 bits per heavy atom. The zero-order chi connectivity index (χ0) is 47.9. The van der Waals surface area contributed by atoms with Gasteiger partial charge in [-0.1, -0.05) is 23.7 Å². The van der Waals surface area contributed by atoms with Crippen molar-refractivity contribution in [2.45, 2.75) is 0 Å². The highest BCUT2D eigenvalue weighted by Gasteiger charge is 2.19. The fourth-order valence-corrected chi connectivity index (χ4v) is 5.92. The second kappa shape index (κ2) is 31.8. The Morgan fingerprint density at radius 2 is 1.21 bits per heavy atom. The van der Waals surface area contributed by atoms with Crippen LogP contribution in [0.4, 0.5) is 10.7 Å². The van der Waals surface area contributed by atoms with Gasteiger partial charge < -0.3 is 65.6 Å². The van der Waals surface area contributed by atoms with E-state index in [4.69, 9.17) is 56.3 Å². The predicted molar refractivity (Wildman–Crippen MR) is 242 cm³/mol. The summed E-state index contributed by atoms with van der Waals surface area (Å²) in [5.74, 6) is -2.62. The maximum Gasteiger partial charge on any atom is 0.317 e. The molecule has 0 radical (unpaired) electrons. The topological polar surface area (TPSA) is 323 Å². The lowest BCUT2D eigenvalue weighted by atomic mass is 10.1. The molecule has 1 aromatic heterocycles. The number of carboxylic acids is 2. The molecule has 0 atom stereocenters. The van der Waals surface area contributed by atoms with Crippen LogP contribution in [0, 0.1) is 5.41 Å². The Bertz CT molecular complexity index is 2000. The highest BCUT2D eigenvalue weighted by molar-refractivity contribution is 6.31. The van der Waals surface area contributed by atoms with Gasteiger partial charge in [0.1, 0.15) is 12.4 Å². The molecule has 0 bridgehead atoms. The first kappa shape index (κ1) is 54.3. The number of carbonyl (C=O) groups is 5. The van der Waals surface area contributed by atoms with Gasteiger partial charge in [0, 0.05) is 55.7 Å². The third-order valence-electron chi connectivity index (χ3n) is 8.72. The first-order valence-corrected chi connectivity index (χ1v) is 21.3. The van der Waals surface area contributed by atoms with Gasteiger partial charge in [0.05, 0.1) is 103 Å². The largest absolute Gasteiger partial charge is 0.491 e. The first-order chi connectivity index (χ1) is 31.8. The number of hydrogen-bond acceptors (Lipinski definition) is 16. The van der Waals surface area contributed by atoms with Gasteiger partial charge >= 0.3 is 18.0 Å². The van der Waals surface area contributed by atoms with Gasteiger partial charge in [0.2, 0.25) is 17.8 Å². The van der Waals surface area contributed by atoms with Crippen LogP contribution in [0.15, 0.2) is 42.5 Å². The van der Waals surface area contributed by atoms with Crippen molar-refractivity contribution in [1.29, 1.82) is 5.41 Å². The average Bonchev–Trinajstić information content (AvgIpc) is 3.27. The number of nitrogens with zero attached hydrogens (tertiary/aromatic N) is 4. The SMILES string of the molecule is CNC(=O)CN(CCN(CC(=O)O)CC(=O)NCCOCCOCCNC(=O)NCCOCCOCCOCCOc1cccc(-c2nc(NC(=N)N)nc3ccc(Cl)cc23)c1)CC(=O)O. The molecular formula is C41H60ClN11O13. The molecule has 0 aliphatic heterocycles. The van der Waals surface area contributed by atoms with Crippen LogP contribution in [0.25, 0.3) is 22.2 Å². The average molecular weight is 950 g/mol. The highest BCUT2D eigenvalue weighted by Crippen LogP contribution is 2.31. The standard InChI is InChI=1S/C41H60ClN11O13/c1-45-34(54)25-52(27-36(56)57)10-11-53(28-37(58)59)26-35(55)46-7-12-61-15-16-62-13-8-47-41(60)48-9-14-63-17-18-64-19-20-65-21-22-66-31-4-2-3-29(23-31)38-32-24-30(42)5-6-33(32)49-40(50-38)51-39(43)44/h2-6,23-24H,7-22,25-28H2,1H3,(H,45,54)(H,46,55)(H,56,57)(H,58,59)(H2,47,48,60)(H4,43,44,49,50,51). The molecule has 364 valence electrons. The van der Waals surface area contributed by atoms with Crippen LogP contribution in [-0.2, 0) is 42.9 Å². The summed E-state index contributed by atoms with van der Waals surface area (Å²) >= 11 is 6.25. The Hall–Kier alpha value is -5.99. The molecule has 2 aromatic carbocycles. The van der Waals surface area contributed by atoms with E-state index in [2.05, 4.69) is 36.6 Å². The van der Waals surface area contributed by atoms with Crippen molar-refractivity contribution in [3.63, 3.8) is 0 Å². The summed E-state index contributed by atoms with van der Waals surface area (Å²) in [5.41, 5.74) is 7.49. The van der Waals surface area contributed by atoms with Gasteiger partial charge in [-0.15, -0.1) is 0 Å². The first-order valence-electron chi connectivity index (χ1n) is 20.9. The molecule has 0 aliphatic carbocycles. The van der Waals surface area contributed by atoms with Gasteiger partial charge in [-0.25, -0.2) is 14.8 Å². The van der Waals surface area contributed by atoms with Gasteiger partial charge in [0.15, 0.2) is 5.96 Å². The number of benzene rings is 2. The van der Waals surface area contributed by atoms with Crippen molar-refractivity contribution < 1.29 is 62.6 Å². The Balaban J connectivity index is 1.12. The van der Waals surface area contributed by atoms with E-state index < -0.39 is 36.8 Å². The van der Waals surface area contributed by atoms with Gasteiger partial charge in [-0.2, -0.15) is 0 Å². The molecule has 0 fully saturated rings. The van der Waals surface area contributed by atoms with Gasteiger partial charge in [0.25, 0.3) is 0 Å². The van der Waals surface area contributed by atoms with Crippen LogP contribution in [0.5, 0.6) is 5.75 Å². The normalized spacial score (nSPS) is 11.1. The molecule has 4 amide bonds. The number of anilines is 1. The summed E-state index contributed by atoms with van der Waals surface area (Å²) < 4.78 is 33.4. The number of fused-ring (bicyclic) bond motifs is 1. The molecular weight excluding hydrogens is 890 g/mol. The van der Waals surface area contributed by atoms with Gasteiger partial charge in [-0.05, 0) is 30.3 Å². The third-order valence-corrected chi connectivity index (χ3v) is 8.96. The summed E-state index contributed by atoms with van der Waals surface area (Å²) in [6.45, 7) is 2.85. The number of nitrogens with two attached hydrogens (primary N) is 1. The number of nitrogens with one attached hydrogen (secondary N) is 6. The van der Waals surface area contributed by atoms with E-state index in [9.17, 15) is 29.1 Å². The summed E-state index contributed by atoms with van der Waals surface area (Å²) in [6.07, 6.45) is 0. The molecule has 3 rings (SSSR count). The molecule has 24 nitrogen and oxygen atoms in total. The van der Waals surface area contributed by atoms with Crippen LogP contribution in [0.1, 0.15) is 0 Å². The Morgan fingerprint density at radius 1 is 0.682 bits per heavy atom. The molecule has 0 spiro atoms. The van der Waals surface area contributed by atoms with E-state index in [1.54, 1.807) is 18.2 Å². The number of guanidine groups is 1. The number of rotatable bonds is 35. The molecule has 25 heteroatoms. The van der Waals surface area contributed by atoms with Crippen molar-refractivity contribution in [1.82, 2.24) is 41.0 Å². The lowest BCUT2D eigenvalue weighted by Crippen LogP contribution is -2.46. The third kappa shape index (κ3) is 23.8. The van der Waals surface area contributed by atoms with Crippen molar-refractivity contribution in [2.24, 2.45) is 5.73 Å². The van der Waals surface area contributed by atoms with Crippen LogP contribution in [0.3, 0.4) is 0 Å². The minimum Gasteiger partial charge on any atom is -0.491 e. The highest BCUT2D eigenvalue weighted by atomic mass is 35.5. The molecule has 0 saturated carbocycles. The minimum absolute atomic E-state index is 0.0479. The lowest BCUT2D eigenvalue weighted by molar-refractivity contribution is -0.141. The fourth-order valence-electron chi connectivity index (χ4n) is 5.75. The number of halogens is 1. The monoisotopic (exact) mass is 949 g/mol. The molecule has 0 unspecified atom stereocenters. The van der Waals surface area contributed by atoms with Crippen LogP contribution in [0.2, 0.25) is 5.02 Å². The Kier molecular flexibility index (Phi) is 26.2. The zero-order valence-corrected chi connectivity index (χ0v) is 37.6. The van der Waals surface area contributed by atoms with E-state index in [-0.39, 0.29) is 83.6 Å². The molecule has 0 saturated heterocycles. The van der Waals surface area contributed by atoms with E-state index in [1.807, 2.05) is 24.3 Å². The quantitative estimate of drug-likeness (QED) is 0.0207. The van der Waals surface area contributed by atoms with Gasteiger partial charge in [-0.3, -0.25) is 39.7 Å². The fraction of sp³-hybridized carbons (Fsp3) is 0.512. The van der Waals surface area contributed by atoms with Crippen molar-refractivity contribution >= 4 is 64.2 Å². The van der Waals surface area contributed by atoms with Crippen LogP contribution in [-0.4, -0.2) is 204 Å². The molecule has 3 aromatic rings. The summed E-state index contributed by atoms with van der Waals surface area (Å²) in [6, 6.07) is 12.3. The Labute approximate surface area is 386 Å². The molecule has 1 heterocycles. The lowest BCUT2D eigenvalue weighted by Gasteiger charge is -2.25. The number of ether oxygens (including phenoxy) is 6. The zero-order valence-electron chi connectivity index (χ0n) is 36.8. The van der Waals surface area contributed by atoms with Crippen LogP contribution < -0.4 is 37.1 Å². The molecule has 0 aliphatic rings. The number of carbonyl (C=O) groups excluding carboxylic acids is 3. The number of aliphatic carboxylic acids is 2. The molecule has 10 N–H and O–H groups in total. The second-order valence-electron chi connectivity index (χ2n) is 13.9. The summed E-state index contributed by atoms with van der Waals surface area (Å²) in [7, 11) is 1.42. The van der Waals surface area contributed by atoms with E-state index >= 15 is 0 Å². The van der Waals surface area contributed by atoms with Crippen LogP contribution >= 0.6 is 11.6 Å². The van der Waals surface area contributed by atoms with E-state index in [0.717, 1.165) is 10.9 Å². The number of amides is 4. The maximum atomic E-state index is 12.4. The summed E-state index contributed by atoms with van der Waals surface area (Å²) in [4.78, 5) is 70.1. The van der Waals surface area contributed by atoms with Crippen molar-refractivity contribution in [2.75, 3.05) is 144 Å². The number of aromatic nitrogens is 2. The minimum atomic E-state index is -1.16. The number of hydrogen-bond donors (Lipinski definition) is 9. The van der Waals surface area contributed by atoms with E-state index in [1.165, 1.54) is 16.8 Å². The summed E-state index contributed by atoms with van der Waals surface area (Å²) in [5, 5.41) is 40.1.